The minimum absolute atomic E-state index is 0.0883. The Hall–Kier alpha value is -3.41. The molecule has 0 heterocycles. The highest BCUT2D eigenvalue weighted by atomic mass is 16.6. The molecule has 0 aliphatic carbocycles. The number of ether oxygens (including phenoxy) is 3. The molecule has 0 aliphatic heterocycles. The molecule has 0 aromatic heterocycles. The van der Waals surface area contributed by atoms with Crippen LogP contribution in [0.25, 0.3) is 0 Å². The standard InChI is InChI=1S/C65H112O6/c1-4-7-10-13-16-19-22-25-28-31-33-35-37-40-43-46-49-52-55-58-64(67)70-61-62(60-69-63(66)57-54-51-48-45-42-39-36-30-27-24-21-18-15-12-9-6-3)71-65(68)59-56-53-50-47-44-41-38-34-32-29-26-23-20-17-14-11-8-5-2/h7,10,16,19-20,23,25,28-30,32-33,35-36,62H,4-6,8-9,11-15,17-18,21-22,24,26-27,31,34,37-61H2,1-3H3/b10-7-,19-16-,23-20-,28-25-,32-29-,35-33-,36-30-. The molecule has 0 saturated carbocycles. The van der Waals surface area contributed by atoms with Gasteiger partial charge in [0.25, 0.3) is 0 Å². The minimum atomic E-state index is -0.792. The highest BCUT2D eigenvalue weighted by molar-refractivity contribution is 5.71. The van der Waals surface area contributed by atoms with E-state index in [0.717, 1.165) is 109 Å². The Bertz CT molecular complexity index is 1370. The summed E-state index contributed by atoms with van der Waals surface area (Å²) in [7, 11) is 0. The molecule has 408 valence electrons. The van der Waals surface area contributed by atoms with Gasteiger partial charge in [0.2, 0.25) is 0 Å². The third-order valence-electron chi connectivity index (χ3n) is 12.9. The van der Waals surface area contributed by atoms with Crippen molar-refractivity contribution < 1.29 is 28.6 Å². The van der Waals surface area contributed by atoms with Crippen LogP contribution in [0.4, 0.5) is 0 Å². The van der Waals surface area contributed by atoms with Crippen LogP contribution in [0, 0.1) is 0 Å². The van der Waals surface area contributed by atoms with E-state index in [-0.39, 0.29) is 31.1 Å². The maximum Gasteiger partial charge on any atom is 0.306 e. The second-order valence-corrected chi connectivity index (χ2v) is 19.9. The molecule has 0 saturated heterocycles. The summed E-state index contributed by atoms with van der Waals surface area (Å²) in [6, 6.07) is 0. The average Bonchev–Trinajstić information content (AvgIpc) is 3.37. The van der Waals surface area contributed by atoms with Gasteiger partial charge in [0.1, 0.15) is 13.2 Å². The lowest BCUT2D eigenvalue weighted by molar-refractivity contribution is -0.167. The quantitative estimate of drug-likeness (QED) is 0.0261. The number of hydrogen-bond acceptors (Lipinski definition) is 6. The van der Waals surface area contributed by atoms with E-state index < -0.39 is 6.10 Å². The largest absolute Gasteiger partial charge is 0.462 e. The van der Waals surface area contributed by atoms with E-state index in [1.165, 1.54) is 141 Å². The van der Waals surface area contributed by atoms with Crippen LogP contribution in [0.3, 0.4) is 0 Å². The molecule has 0 bridgehead atoms. The first kappa shape index (κ1) is 67.6. The first-order valence-corrected chi connectivity index (χ1v) is 30.1. The predicted octanol–water partition coefficient (Wildman–Crippen LogP) is 20.3. The first-order valence-electron chi connectivity index (χ1n) is 30.1. The van der Waals surface area contributed by atoms with Crippen LogP contribution >= 0.6 is 0 Å². The van der Waals surface area contributed by atoms with Gasteiger partial charge in [-0.25, -0.2) is 0 Å². The summed E-state index contributed by atoms with van der Waals surface area (Å²) >= 11 is 0. The van der Waals surface area contributed by atoms with Gasteiger partial charge in [-0.05, 0) is 116 Å². The van der Waals surface area contributed by atoms with Crippen molar-refractivity contribution in [1.29, 1.82) is 0 Å². The monoisotopic (exact) mass is 989 g/mol. The van der Waals surface area contributed by atoms with Gasteiger partial charge in [-0.2, -0.15) is 0 Å². The van der Waals surface area contributed by atoms with Gasteiger partial charge < -0.3 is 14.2 Å². The molecule has 0 radical (unpaired) electrons. The van der Waals surface area contributed by atoms with E-state index in [9.17, 15) is 14.4 Å². The third kappa shape index (κ3) is 57.4. The number of hydrogen-bond donors (Lipinski definition) is 0. The van der Waals surface area contributed by atoms with Crippen LogP contribution in [0.5, 0.6) is 0 Å². The molecule has 6 nitrogen and oxygen atoms in total. The van der Waals surface area contributed by atoms with E-state index in [2.05, 4.69) is 106 Å². The summed E-state index contributed by atoms with van der Waals surface area (Å²) in [4.78, 5) is 38.2. The Kier molecular flexibility index (Phi) is 56.3. The van der Waals surface area contributed by atoms with E-state index in [0.29, 0.717) is 19.3 Å². The molecule has 0 fully saturated rings. The molecular formula is C65H112O6. The summed E-state index contributed by atoms with van der Waals surface area (Å²) < 4.78 is 16.9. The van der Waals surface area contributed by atoms with Crippen molar-refractivity contribution in [3.05, 3.63) is 85.1 Å². The molecular weight excluding hydrogens is 877 g/mol. The molecule has 0 rings (SSSR count). The minimum Gasteiger partial charge on any atom is -0.462 e. The smallest absolute Gasteiger partial charge is 0.306 e. The van der Waals surface area contributed by atoms with Crippen LogP contribution < -0.4 is 0 Å². The predicted molar refractivity (Wildman–Crippen MR) is 307 cm³/mol. The lowest BCUT2D eigenvalue weighted by Crippen LogP contribution is -2.30. The molecule has 0 spiro atoms. The summed E-state index contributed by atoms with van der Waals surface area (Å²) in [5.41, 5.74) is 0. The van der Waals surface area contributed by atoms with Crippen LogP contribution in [0.1, 0.15) is 290 Å². The Labute approximate surface area is 439 Å². The number of unbranched alkanes of at least 4 members (excludes halogenated alkanes) is 29. The van der Waals surface area contributed by atoms with Crippen molar-refractivity contribution in [3.8, 4) is 0 Å². The van der Waals surface area contributed by atoms with Gasteiger partial charge in [-0.1, -0.05) is 241 Å². The second-order valence-electron chi connectivity index (χ2n) is 19.9. The van der Waals surface area contributed by atoms with Crippen molar-refractivity contribution in [1.82, 2.24) is 0 Å². The normalized spacial score (nSPS) is 12.7. The van der Waals surface area contributed by atoms with Crippen molar-refractivity contribution in [2.75, 3.05) is 13.2 Å². The molecule has 0 aromatic carbocycles. The Morgan fingerprint density at radius 3 is 0.887 bits per heavy atom. The molecule has 1 unspecified atom stereocenters. The molecule has 0 aliphatic rings. The van der Waals surface area contributed by atoms with Gasteiger partial charge in [0.05, 0.1) is 0 Å². The Morgan fingerprint density at radius 2 is 0.549 bits per heavy atom. The Morgan fingerprint density at radius 1 is 0.296 bits per heavy atom. The number of carbonyl (C=O) groups is 3. The maximum absolute atomic E-state index is 12.9. The van der Waals surface area contributed by atoms with Gasteiger partial charge in [0, 0.05) is 19.3 Å². The summed E-state index contributed by atoms with van der Waals surface area (Å²) in [5, 5.41) is 0. The number of esters is 3. The third-order valence-corrected chi connectivity index (χ3v) is 12.9. The van der Waals surface area contributed by atoms with Crippen LogP contribution in [0.15, 0.2) is 85.1 Å². The lowest BCUT2D eigenvalue weighted by Gasteiger charge is -2.18. The Balaban J connectivity index is 4.43. The molecule has 0 N–H and O–H groups in total. The van der Waals surface area contributed by atoms with Crippen LogP contribution in [0.2, 0.25) is 0 Å². The summed E-state index contributed by atoms with van der Waals surface area (Å²) in [6.45, 7) is 6.50. The molecule has 0 aromatic rings. The van der Waals surface area contributed by atoms with Gasteiger partial charge in [0.15, 0.2) is 6.10 Å². The van der Waals surface area contributed by atoms with E-state index in [1.54, 1.807) is 0 Å². The molecule has 1 atom stereocenters. The highest BCUT2D eigenvalue weighted by Crippen LogP contribution is 2.15. The first-order chi connectivity index (χ1) is 35.0. The van der Waals surface area contributed by atoms with E-state index >= 15 is 0 Å². The molecule has 0 amide bonds. The van der Waals surface area contributed by atoms with Crippen LogP contribution in [-0.2, 0) is 28.6 Å². The number of rotatable bonds is 54. The highest BCUT2D eigenvalue weighted by Gasteiger charge is 2.19. The van der Waals surface area contributed by atoms with E-state index in [4.69, 9.17) is 14.2 Å². The zero-order chi connectivity index (χ0) is 51.4. The SMILES string of the molecule is CC/C=C\C/C=C\C/C=C\C/C=C\CCCCCCCCC(=O)OCC(COC(=O)CCCCCCC/C=C\CCCCCCCCC)OC(=O)CCCCCCCCC/C=C\C/C=C\CCCCCC. The number of allylic oxidation sites excluding steroid dienone is 14. The van der Waals surface area contributed by atoms with Gasteiger partial charge in [-0.15, -0.1) is 0 Å². The number of carbonyl (C=O) groups excluding carboxylic acids is 3. The molecule has 6 heteroatoms. The molecule has 71 heavy (non-hydrogen) atoms. The maximum atomic E-state index is 12.9. The summed E-state index contributed by atoms with van der Waals surface area (Å²) in [5.74, 6) is -0.910. The average molecular weight is 990 g/mol. The summed E-state index contributed by atoms with van der Waals surface area (Å²) in [6.07, 6.45) is 77.1. The topological polar surface area (TPSA) is 78.9 Å². The van der Waals surface area contributed by atoms with Gasteiger partial charge in [-0.3, -0.25) is 14.4 Å². The fourth-order valence-electron chi connectivity index (χ4n) is 8.34. The fourth-order valence-corrected chi connectivity index (χ4v) is 8.34. The zero-order valence-electron chi connectivity index (χ0n) is 46.7. The van der Waals surface area contributed by atoms with Crippen LogP contribution in [-0.4, -0.2) is 37.2 Å². The van der Waals surface area contributed by atoms with Crippen molar-refractivity contribution >= 4 is 17.9 Å². The lowest BCUT2D eigenvalue weighted by atomic mass is 10.1. The van der Waals surface area contributed by atoms with Crippen molar-refractivity contribution in [2.24, 2.45) is 0 Å². The fraction of sp³-hybridized carbons (Fsp3) is 0.738. The second kappa shape index (κ2) is 59.2. The van der Waals surface area contributed by atoms with E-state index in [1.807, 2.05) is 0 Å². The van der Waals surface area contributed by atoms with Crippen molar-refractivity contribution in [3.63, 3.8) is 0 Å². The zero-order valence-corrected chi connectivity index (χ0v) is 46.7. The van der Waals surface area contributed by atoms with Crippen molar-refractivity contribution in [2.45, 2.75) is 297 Å². The van der Waals surface area contributed by atoms with Gasteiger partial charge >= 0.3 is 17.9 Å².